The molecular formula is C15H17FN2O2S. The highest BCUT2D eigenvalue weighted by molar-refractivity contribution is 7.06. The van der Waals surface area contributed by atoms with Crippen molar-refractivity contribution in [2.75, 3.05) is 5.32 Å². The Labute approximate surface area is 127 Å². The van der Waals surface area contributed by atoms with Crippen LogP contribution >= 0.6 is 11.5 Å². The molecule has 0 radical (unpaired) electrons. The number of rotatable bonds is 4. The number of hydrogen-bond acceptors (Lipinski definition) is 4. The molecule has 21 heavy (non-hydrogen) atoms. The van der Waals surface area contributed by atoms with Crippen molar-refractivity contribution in [3.63, 3.8) is 0 Å². The van der Waals surface area contributed by atoms with E-state index in [0.717, 1.165) is 17.0 Å². The predicted octanol–water partition coefficient (Wildman–Crippen LogP) is 4.46. The summed E-state index contributed by atoms with van der Waals surface area (Å²) in [6.45, 7) is 5.54. The van der Waals surface area contributed by atoms with Gasteiger partial charge in [0.25, 0.3) is 0 Å². The molecule has 0 saturated carbocycles. The number of hydrogen-bond donors (Lipinski definition) is 1. The Morgan fingerprint density at radius 3 is 2.95 bits per heavy atom. The van der Waals surface area contributed by atoms with Crippen LogP contribution in [0.5, 0.6) is 0 Å². The molecule has 0 unspecified atom stereocenters. The molecule has 1 aromatic carbocycles. The molecule has 0 bridgehead atoms. The number of nitrogens with one attached hydrogen (secondary N) is 1. The highest BCUT2D eigenvalue weighted by Crippen LogP contribution is 2.26. The minimum absolute atomic E-state index is 0.352. The maximum Gasteiger partial charge on any atom is 0.412 e. The van der Waals surface area contributed by atoms with E-state index in [1.807, 2.05) is 13.8 Å². The number of carbonyl (C=O) groups excluding carboxylic acids is 1. The van der Waals surface area contributed by atoms with Gasteiger partial charge in [-0.15, -0.1) is 0 Å². The number of aryl methyl sites for hydroxylation is 2. The summed E-state index contributed by atoms with van der Waals surface area (Å²) in [6.07, 6.45) is -0.303. The molecule has 0 saturated heterocycles. The van der Waals surface area contributed by atoms with Crippen molar-refractivity contribution in [3.05, 3.63) is 46.2 Å². The van der Waals surface area contributed by atoms with E-state index in [1.54, 1.807) is 19.1 Å². The molecule has 2 aromatic rings. The Balaban J connectivity index is 2.03. The van der Waals surface area contributed by atoms with Crippen molar-refractivity contribution in [3.8, 4) is 0 Å². The van der Waals surface area contributed by atoms with E-state index in [9.17, 15) is 9.18 Å². The van der Waals surface area contributed by atoms with Gasteiger partial charge in [0.1, 0.15) is 11.9 Å². The molecule has 2 rings (SSSR count). The van der Waals surface area contributed by atoms with Crippen molar-refractivity contribution in [1.29, 1.82) is 0 Å². The van der Waals surface area contributed by atoms with Gasteiger partial charge in [0.05, 0.1) is 11.4 Å². The van der Waals surface area contributed by atoms with Gasteiger partial charge in [-0.05, 0) is 49.5 Å². The number of ether oxygens (including phenoxy) is 1. The Morgan fingerprint density at radius 1 is 1.52 bits per heavy atom. The van der Waals surface area contributed by atoms with Crippen LogP contribution in [0.4, 0.5) is 14.9 Å². The van der Waals surface area contributed by atoms with Crippen LogP contribution < -0.4 is 5.32 Å². The molecule has 112 valence electrons. The summed E-state index contributed by atoms with van der Waals surface area (Å²) in [5.74, 6) is -0.352. The van der Waals surface area contributed by atoms with Gasteiger partial charge in [0.15, 0.2) is 0 Å². The molecule has 1 amide bonds. The molecule has 0 fully saturated rings. The van der Waals surface area contributed by atoms with Gasteiger partial charge in [0.2, 0.25) is 0 Å². The lowest BCUT2D eigenvalue weighted by atomic mass is 10.1. The third-order valence-electron chi connectivity index (χ3n) is 3.08. The van der Waals surface area contributed by atoms with Gasteiger partial charge in [0, 0.05) is 4.88 Å². The van der Waals surface area contributed by atoms with Gasteiger partial charge >= 0.3 is 6.09 Å². The van der Waals surface area contributed by atoms with Crippen LogP contribution in [0.3, 0.4) is 0 Å². The summed E-state index contributed by atoms with van der Waals surface area (Å²) < 4.78 is 22.6. The van der Waals surface area contributed by atoms with Crippen molar-refractivity contribution in [2.24, 2.45) is 0 Å². The van der Waals surface area contributed by atoms with Gasteiger partial charge < -0.3 is 4.74 Å². The topological polar surface area (TPSA) is 51.2 Å². The fraction of sp³-hybridized carbons (Fsp3) is 0.333. The number of benzene rings is 1. The third kappa shape index (κ3) is 3.78. The van der Waals surface area contributed by atoms with Gasteiger partial charge in [-0.25, -0.2) is 9.18 Å². The molecular weight excluding hydrogens is 291 g/mol. The standard InChI is InChI=1S/C15H17FN2O2S/c1-4-13-14(9(2)18-21-13)17-15(19)20-10(3)11-6-5-7-12(16)8-11/h5-8,10H,4H2,1-3H3,(H,17,19)/t10-/m1/s1. The van der Waals surface area contributed by atoms with E-state index in [0.29, 0.717) is 11.3 Å². The summed E-state index contributed by atoms with van der Waals surface area (Å²) in [5.41, 5.74) is 2.09. The van der Waals surface area contributed by atoms with Crippen molar-refractivity contribution in [2.45, 2.75) is 33.3 Å². The average Bonchev–Trinajstić information content (AvgIpc) is 2.79. The number of amides is 1. The molecule has 0 aliphatic heterocycles. The predicted molar refractivity (Wildman–Crippen MR) is 81.1 cm³/mol. The molecule has 0 spiro atoms. The fourth-order valence-electron chi connectivity index (χ4n) is 1.94. The first-order valence-electron chi connectivity index (χ1n) is 6.69. The van der Waals surface area contributed by atoms with E-state index >= 15 is 0 Å². The van der Waals surface area contributed by atoms with E-state index in [2.05, 4.69) is 9.69 Å². The lowest BCUT2D eigenvalue weighted by Crippen LogP contribution is -2.17. The van der Waals surface area contributed by atoms with Crippen LogP contribution in [-0.4, -0.2) is 10.5 Å². The zero-order chi connectivity index (χ0) is 15.4. The molecule has 1 N–H and O–H groups in total. The zero-order valence-electron chi connectivity index (χ0n) is 12.1. The van der Waals surface area contributed by atoms with E-state index in [-0.39, 0.29) is 5.82 Å². The Bertz CT molecular complexity index is 642. The van der Waals surface area contributed by atoms with Crippen LogP contribution in [0.1, 0.15) is 36.1 Å². The molecule has 1 heterocycles. The average molecular weight is 308 g/mol. The first-order chi connectivity index (χ1) is 10.0. The lowest BCUT2D eigenvalue weighted by molar-refractivity contribution is 0.121. The summed E-state index contributed by atoms with van der Waals surface area (Å²) in [6, 6.07) is 6.01. The van der Waals surface area contributed by atoms with Crippen LogP contribution in [0, 0.1) is 12.7 Å². The third-order valence-corrected chi connectivity index (χ3v) is 4.16. The van der Waals surface area contributed by atoms with Crippen molar-refractivity contribution >= 4 is 23.3 Å². The first kappa shape index (κ1) is 15.4. The second kappa shape index (κ2) is 6.67. The number of anilines is 1. The largest absolute Gasteiger partial charge is 0.441 e. The Kier molecular flexibility index (Phi) is 4.90. The van der Waals surface area contributed by atoms with E-state index < -0.39 is 12.2 Å². The van der Waals surface area contributed by atoms with Crippen molar-refractivity contribution < 1.29 is 13.9 Å². The quantitative estimate of drug-likeness (QED) is 0.907. The summed E-state index contributed by atoms with van der Waals surface area (Å²) >= 11 is 1.37. The monoisotopic (exact) mass is 308 g/mol. The minimum atomic E-state index is -0.565. The number of aromatic nitrogens is 1. The number of halogens is 1. The smallest absolute Gasteiger partial charge is 0.412 e. The Morgan fingerprint density at radius 2 is 2.29 bits per heavy atom. The van der Waals surface area contributed by atoms with Gasteiger partial charge in [-0.1, -0.05) is 19.1 Å². The molecule has 6 heteroatoms. The van der Waals surface area contributed by atoms with Crippen molar-refractivity contribution in [1.82, 2.24) is 4.37 Å². The van der Waals surface area contributed by atoms with Crippen LogP contribution in [0.15, 0.2) is 24.3 Å². The fourth-order valence-corrected chi connectivity index (χ4v) is 2.70. The van der Waals surface area contributed by atoms with Gasteiger partial charge in [-0.3, -0.25) is 5.32 Å². The molecule has 4 nitrogen and oxygen atoms in total. The second-order valence-electron chi connectivity index (χ2n) is 4.65. The molecule has 0 aliphatic carbocycles. The summed E-state index contributed by atoms with van der Waals surface area (Å²) in [5, 5.41) is 2.72. The van der Waals surface area contributed by atoms with Gasteiger partial charge in [-0.2, -0.15) is 4.37 Å². The number of nitrogens with zero attached hydrogens (tertiary/aromatic N) is 1. The maximum atomic E-state index is 13.2. The normalized spacial score (nSPS) is 12.0. The van der Waals surface area contributed by atoms with Crippen LogP contribution in [-0.2, 0) is 11.2 Å². The number of carbonyl (C=O) groups is 1. The molecule has 0 aliphatic rings. The zero-order valence-corrected chi connectivity index (χ0v) is 13.0. The van der Waals surface area contributed by atoms with Crippen LogP contribution in [0.2, 0.25) is 0 Å². The highest BCUT2D eigenvalue weighted by Gasteiger charge is 2.16. The molecule has 1 aromatic heterocycles. The second-order valence-corrected chi connectivity index (χ2v) is 5.51. The molecule has 1 atom stereocenters. The van der Waals surface area contributed by atoms with E-state index in [4.69, 9.17) is 4.74 Å². The first-order valence-corrected chi connectivity index (χ1v) is 7.46. The highest BCUT2D eigenvalue weighted by atomic mass is 32.1. The van der Waals surface area contributed by atoms with E-state index in [1.165, 1.54) is 23.7 Å². The minimum Gasteiger partial charge on any atom is -0.441 e. The lowest BCUT2D eigenvalue weighted by Gasteiger charge is -2.14. The SMILES string of the molecule is CCc1snc(C)c1NC(=O)O[C@H](C)c1cccc(F)c1. The summed E-state index contributed by atoms with van der Waals surface area (Å²) in [7, 11) is 0. The Hall–Kier alpha value is -1.95. The summed E-state index contributed by atoms with van der Waals surface area (Å²) in [4.78, 5) is 13.0. The van der Waals surface area contributed by atoms with Crippen LogP contribution in [0.25, 0.3) is 0 Å². The maximum absolute atomic E-state index is 13.2.